The van der Waals surface area contributed by atoms with Crippen molar-refractivity contribution < 1.29 is 18.3 Å². The molecule has 0 spiro atoms. The zero-order chi connectivity index (χ0) is 15.5. The first-order chi connectivity index (χ1) is 9.10. The molecule has 1 aromatic rings. The third-order valence-electron chi connectivity index (χ3n) is 3.44. The van der Waals surface area contributed by atoms with E-state index in [4.69, 9.17) is 0 Å². The van der Waals surface area contributed by atoms with Crippen molar-refractivity contribution >= 4 is 0 Å². The zero-order valence-electron chi connectivity index (χ0n) is 12.3. The van der Waals surface area contributed by atoms with Gasteiger partial charge in [0.15, 0.2) is 0 Å². The van der Waals surface area contributed by atoms with Crippen LogP contribution in [-0.2, 0) is 0 Å². The van der Waals surface area contributed by atoms with Crippen molar-refractivity contribution in [3.63, 3.8) is 0 Å². The molecule has 1 atom stereocenters. The second-order valence-corrected chi connectivity index (χ2v) is 5.50. The average molecular weight is 289 g/mol. The first-order valence-corrected chi connectivity index (χ1v) is 6.66. The first-order valence-electron chi connectivity index (χ1n) is 6.66. The Morgan fingerprint density at radius 1 is 1.15 bits per heavy atom. The molecule has 20 heavy (non-hydrogen) atoms. The van der Waals surface area contributed by atoms with Crippen LogP contribution in [-0.4, -0.2) is 35.3 Å². The maximum absolute atomic E-state index is 12.5. The zero-order valence-corrected chi connectivity index (χ0v) is 12.3. The van der Waals surface area contributed by atoms with Crippen LogP contribution in [0.1, 0.15) is 36.6 Å². The highest BCUT2D eigenvalue weighted by molar-refractivity contribution is 5.31. The van der Waals surface area contributed by atoms with E-state index in [0.29, 0.717) is 5.56 Å². The Bertz CT molecular complexity index is 443. The number of rotatable bonds is 5. The largest absolute Gasteiger partial charge is 0.401 e. The molecule has 0 heterocycles. The quantitative estimate of drug-likeness (QED) is 0.895. The number of alkyl halides is 3. The van der Waals surface area contributed by atoms with Crippen LogP contribution in [0.4, 0.5) is 13.2 Å². The number of hydrogen-bond acceptors (Lipinski definition) is 2. The molecule has 114 valence electrons. The summed E-state index contributed by atoms with van der Waals surface area (Å²) in [6.45, 7) is 6.22. The van der Waals surface area contributed by atoms with Gasteiger partial charge in [-0.3, -0.25) is 4.90 Å². The van der Waals surface area contributed by atoms with Gasteiger partial charge in [-0.05, 0) is 44.4 Å². The topological polar surface area (TPSA) is 23.5 Å². The normalized spacial score (nSPS) is 14.1. The number of aliphatic hydroxyl groups excluding tert-OH is 1. The fraction of sp³-hybridized carbons (Fsp3) is 0.600. The fourth-order valence-electron chi connectivity index (χ4n) is 1.99. The highest BCUT2D eigenvalue weighted by Crippen LogP contribution is 2.22. The molecular formula is C15H22F3NO. The molecule has 0 aliphatic heterocycles. The summed E-state index contributed by atoms with van der Waals surface area (Å²) >= 11 is 0. The summed E-state index contributed by atoms with van der Waals surface area (Å²) < 4.78 is 37.5. The summed E-state index contributed by atoms with van der Waals surface area (Å²) in [6.07, 6.45) is -5.17. The average Bonchev–Trinajstić information content (AvgIpc) is 2.29. The van der Waals surface area contributed by atoms with Gasteiger partial charge in [0.2, 0.25) is 0 Å². The van der Waals surface area contributed by atoms with Crippen molar-refractivity contribution in [2.45, 2.75) is 46.0 Å². The fourth-order valence-corrected chi connectivity index (χ4v) is 1.99. The summed E-state index contributed by atoms with van der Waals surface area (Å²) in [5.74, 6) is 0. The summed E-state index contributed by atoms with van der Waals surface area (Å²) in [5.41, 5.74) is 2.77. The van der Waals surface area contributed by atoms with Crippen LogP contribution in [0.5, 0.6) is 0 Å². The van der Waals surface area contributed by atoms with Gasteiger partial charge in [0.25, 0.3) is 0 Å². The molecule has 1 aromatic carbocycles. The second-order valence-electron chi connectivity index (χ2n) is 5.50. The summed E-state index contributed by atoms with van der Waals surface area (Å²) in [6, 6.07) is 5.18. The molecule has 0 bridgehead atoms. The lowest BCUT2D eigenvalue weighted by Gasteiger charge is -2.29. The van der Waals surface area contributed by atoms with Gasteiger partial charge >= 0.3 is 6.18 Å². The van der Waals surface area contributed by atoms with E-state index in [1.807, 2.05) is 26.0 Å². The van der Waals surface area contributed by atoms with Crippen LogP contribution in [0.3, 0.4) is 0 Å². The number of hydrogen-bond donors (Lipinski definition) is 1. The van der Waals surface area contributed by atoms with E-state index in [-0.39, 0.29) is 12.6 Å². The molecule has 0 aliphatic rings. The van der Waals surface area contributed by atoms with Crippen molar-refractivity contribution in [2.75, 3.05) is 13.1 Å². The maximum Gasteiger partial charge on any atom is 0.401 e. The van der Waals surface area contributed by atoms with E-state index >= 15 is 0 Å². The molecule has 0 amide bonds. The third kappa shape index (κ3) is 5.13. The molecule has 1 rings (SSSR count). The standard InChI is InChI=1S/C15H22F3NO/c1-10(2)19(9-15(16,17)18)8-14(20)13-6-5-11(3)12(4)7-13/h5-7,10,14,20H,8-9H2,1-4H3. The Morgan fingerprint density at radius 2 is 1.75 bits per heavy atom. The van der Waals surface area contributed by atoms with Crippen molar-refractivity contribution in [1.29, 1.82) is 0 Å². The number of benzene rings is 1. The van der Waals surface area contributed by atoms with Gasteiger partial charge in [-0.2, -0.15) is 13.2 Å². The minimum absolute atomic E-state index is 0.0281. The van der Waals surface area contributed by atoms with Crippen LogP contribution in [0.15, 0.2) is 18.2 Å². The number of halogens is 3. The second kappa shape index (κ2) is 6.59. The minimum atomic E-state index is -4.26. The van der Waals surface area contributed by atoms with E-state index < -0.39 is 18.8 Å². The van der Waals surface area contributed by atoms with Gasteiger partial charge in [0.05, 0.1) is 12.6 Å². The maximum atomic E-state index is 12.5. The van der Waals surface area contributed by atoms with E-state index in [9.17, 15) is 18.3 Å². The van der Waals surface area contributed by atoms with E-state index in [1.165, 1.54) is 4.90 Å². The lowest BCUT2D eigenvalue weighted by atomic mass is 10.0. The van der Waals surface area contributed by atoms with Crippen LogP contribution in [0, 0.1) is 13.8 Å². The number of aliphatic hydroxyl groups is 1. The number of aryl methyl sites for hydroxylation is 2. The monoisotopic (exact) mass is 289 g/mol. The predicted molar refractivity (Wildman–Crippen MR) is 73.6 cm³/mol. The van der Waals surface area contributed by atoms with Gasteiger partial charge in [0, 0.05) is 12.6 Å². The smallest absolute Gasteiger partial charge is 0.387 e. The van der Waals surface area contributed by atoms with Crippen molar-refractivity contribution in [3.8, 4) is 0 Å². The van der Waals surface area contributed by atoms with Crippen molar-refractivity contribution in [3.05, 3.63) is 34.9 Å². The molecule has 0 aromatic heterocycles. The Hall–Kier alpha value is -1.07. The van der Waals surface area contributed by atoms with Gasteiger partial charge in [-0.15, -0.1) is 0 Å². The highest BCUT2D eigenvalue weighted by atomic mass is 19.4. The molecule has 0 radical (unpaired) electrons. The minimum Gasteiger partial charge on any atom is -0.387 e. The Balaban J connectivity index is 2.79. The van der Waals surface area contributed by atoms with E-state index in [2.05, 4.69) is 0 Å². The molecule has 0 aliphatic carbocycles. The molecule has 0 fully saturated rings. The lowest BCUT2D eigenvalue weighted by Crippen LogP contribution is -2.41. The molecule has 0 saturated carbocycles. The van der Waals surface area contributed by atoms with Crippen LogP contribution >= 0.6 is 0 Å². The number of nitrogens with zero attached hydrogens (tertiary/aromatic N) is 1. The summed E-state index contributed by atoms with van der Waals surface area (Å²) in [5, 5.41) is 10.1. The van der Waals surface area contributed by atoms with Gasteiger partial charge in [-0.25, -0.2) is 0 Å². The molecule has 1 unspecified atom stereocenters. The van der Waals surface area contributed by atoms with Crippen molar-refractivity contribution in [1.82, 2.24) is 4.90 Å². The van der Waals surface area contributed by atoms with E-state index in [0.717, 1.165) is 11.1 Å². The Morgan fingerprint density at radius 3 is 2.20 bits per heavy atom. The first kappa shape index (κ1) is 17.0. The Labute approximate surface area is 118 Å². The van der Waals surface area contributed by atoms with Crippen molar-refractivity contribution in [2.24, 2.45) is 0 Å². The molecular weight excluding hydrogens is 267 g/mol. The highest BCUT2D eigenvalue weighted by Gasteiger charge is 2.32. The third-order valence-corrected chi connectivity index (χ3v) is 3.44. The summed E-state index contributed by atoms with van der Waals surface area (Å²) in [7, 11) is 0. The van der Waals surface area contributed by atoms with Gasteiger partial charge < -0.3 is 5.11 Å². The molecule has 1 N–H and O–H groups in total. The van der Waals surface area contributed by atoms with Crippen LogP contribution in [0.25, 0.3) is 0 Å². The van der Waals surface area contributed by atoms with E-state index in [1.54, 1.807) is 19.9 Å². The summed E-state index contributed by atoms with van der Waals surface area (Å²) in [4.78, 5) is 1.24. The predicted octanol–water partition coefficient (Wildman–Crippen LogP) is 3.61. The SMILES string of the molecule is Cc1ccc(C(O)CN(CC(F)(F)F)C(C)C)cc1C. The molecule has 0 saturated heterocycles. The lowest BCUT2D eigenvalue weighted by molar-refractivity contribution is -0.152. The molecule has 5 heteroatoms. The van der Waals surface area contributed by atoms with Gasteiger partial charge in [-0.1, -0.05) is 18.2 Å². The van der Waals surface area contributed by atoms with Gasteiger partial charge in [0.1, 0.15) is 0 Å². The van der Waals surface area contributed by atoms with Crippen LogP contribution < -0.4 is 0 Å². The molecule has 2 nitrogen and oxygen atoms in total. The Kier molecular flexibility index (Phi) is 5.59. The van der Waals surface area contributed by atoms with Crippen LogP contribution in [0.2, 0.25) is 0 Å².